The molecule has 1 N–H and O–H groups in total. The summed E-state index contributed by atoms with van der Waals surface area (Å²) in [6.07, 6.45) is 8.06. The van der Waals surface area contributed by atoms with Crippen molar-refractivity contribution in [2.45, 2.75) is 37.1 Å². The minimum Gasteiger partial charge on any atom is -0.467 e. The average Bonchev–Trinajstić information content (AvgIpc) is 3.14. The molecule has 1 amide bonds. The highest BCUT2D eigenvalue weighted by atomic mass is 32.2. The van der Waals surface area contributed by atoms with Crippen LogP contribution in [0.25, 0.3) is 6.08 Å². The smallest absolute Gasteiger partial charge is 0.331 e. The van der Waals surface area contributed by atoms with Crippen molar-refractivity contribution in [1.82, 2.24) is 9.62 Å². The fourth-order valence-corrected chi connectivity index (χ4v) is 4.70. The molecule has 1 fully saturated rings. The third kappa shape index (κ3) is 6.80. The van der Waals surface area contributed by atoms with Crippen LogP contribution in [0.5, 0.6) is 0 Å². The van der Waals surface area contributed by atoms with E-state index in [1.165, 1.54) is 30.5 Å². The van der Waals surface area contributed by atoms with Gasteiger partial charge in [0.05, 0.1) is 17.7 Å². The van der Waals surface area contributed by atoms with Crippen molar-refractivity contribution in [3.05, 3.63) is 60.1 Å². The molecule has 1 aromatic carbocycles. The zero-order valence-corrected chi connectivity index (χ0v) is 18.0. The molecule has 8 nitrogen and oxygen atoms in total. The summed E-state index contributed by atoms with van der Waals surface area (Å²) < 4.78 is 37.1. The summed E-state index contributed by atoms with van der Waals surface area (Å²) in [5.74, 6) is -0.517. The van der Waals surface area contributed by atoms with Gasteiger partial charge in [-0.15, -0.1) is 0 Å². The lowest BCUT2D eigenvalue weighted by atomic mass is 10.2. The number of esters is 1. The Morgan fingerprint density at radius 1 is 1.06 bits per heavy atom. The first-order valence-electron chi connectivity index (χ1n) is 10.2. The lowest BCUT2D eigenvalue weighted by Gasteiger charge is -2.19. The molecule has 1 saturated heterocycles. The van der Waals surface area contributed by atoms with Gasteiger partial charge in [-0.05, 0) is 48.7 Å². The SMILES string of the molecule is O=C(COC(=O)/C=C/c1ccc(S(=O)(=O)N2CCCCCC2)cc1)NCc1ccco1. The number of rotatable bonds is 8. The van der Waals surface area contributed by atoms with E-state index < -0.39 is 28.5 Å². The molecule has 2 heterocycles. The molecule has 3 rings (SSSR count). The molecule has 9 heteroatoms. The van der Waals surface area contributed by atoms with E-state index >= 15 is 0 Å². The van der Waals surface area contributed by atoms with Crippen LogP contribution in [0.3, 0.4) is 0 Å². The normalized spacial score (nSPS) is 15.5. The monoisotopic (exact) mass is 446 g/mol. The number of sulfonamides is 1. The highest BCUT2D eigenvalue weighted by Gasteiger charge is 2.24. The summed E-state index contributed by atoms with van der Waals surface area (Å²) in [6, 6.07) is 9.76. The van der Waals surface area contributed by atoms with Crippen LogP contribution in [0.2, 0.25) is 0 Å². The van der Waals surface area contributed by atoms with E-state index in [-0.39, 0.29) is 11.4 Å². The van der Waals surface area contributed by atoms with Crippen molar-refractivity contribution < 1.29 is 27.2 Å². The molecule has 0 bridgehead atoms. The van der Waals surface area contributed by atoms with E-state index in [1.54, 1.807) is 28.6 Å². The van der Waals surface area contributed by atoms with Gasteiger partial charge in [0.1, 0.15) is 5.76 Å². The molecule has 31 heavy (non-hydrogen) atoms. The van der Waals surface area contributed by atoms with Crippen molar-refractivity contribution in [2.75, 3.05) is 19.7 Å². The number of hydrogen-bond acceptors (Lipinski definition) is 6. The number of carbonyl (C=O) groups excluding carboxylic acids is 2. The number of carbonyl (C=O) groups is 2. The summed E-state index contributed by atoms with van der Waals surface area (Å²) in [6.45, 7) is 0.901. The van der Waals surface area contributed by atoms with Crippen LogP contribution in [0.4, 0.5) is 0 Å². The number of amides is 1. The Bertz CT molecular complexity index is 989. The fourth-order valence-electron chi connectivity index (χ4n) is 3.18. The van der Waals surface area contributed by atoms with Gasteiger partial charge in [0.15, 0.2) is 6.61 Å². The van der Waals surface area contributed by atoms with E-state index in [0.717, 1.165) is 25.7 Å². The highest BCUT2D eigenvalue weighted by Crippen LogP contribution is 2.21. The first-order chi connectivity index (χ1) is 14.9. The van der Waals surface area contributed by atoms with Gasteiger partial charge < -0.3 is 14.5 Å². The van der Waals surface area contributed by atoms with Crippen molar-refractivity contribution in [2.24, 2.45) is 0 Å². The minimum absolute atomic E-state index is 0.214. The lowest BCUT2D eigenvalue weighted by Crippen LogP contribution is -2.31. The van der Waals surface area contributed by atoms with E-state index in [2.05, 4.69) is 5.32 Å². The second-order valence-corrected chi connectivity index (χ2v) is 9.12. The van der Waals surface area contributed by atoms with Gasteiger partial charge in [-0.2, -0.15) is 4.31 Å². The molecule has 0 unspecified atom stereocenters. The van der Waals surface area contributed by atoms with Gasteiger partial charge in [0, 0.05) is 19.2 Å². The topological polar surface area (TPSA) is 106 Å². The Morgan fingerprint density at radius 2 is 1.77 bits per heavy atom. The van der Waals surface area contributed by atoms with Gasteiger partial charge in [0.25, 0.3) is 5.91 Å². The second-order valence-electron chi connectivity index (χ2n) is 7.18. The largest absolute Gasteiger partial charge is 0.467 e. The maximum Gasteiger partial charge on any atom is 0.331 e. The fraction of sp³-hybridized carbons (Fsp3) is 0.364. The Hall–Kier alpha value is -2.91. The molecule has 1 aliphatic heterocycles. The number of hydrogen-bond donors (Lipinski definition) is 1. The van der Waals surface area contributed by atoms with E-state index in [1.807, 2.05) is 0 Å². The van der Waals surface area contributed by atoms with E-state index in [4.69, 9.17) is 9.15 Å². The quantitative estimate of drug-likeness (QED) is 0.494. The third-order valence-corrected chi connectivity index (χ3v) is 6.79. The lowest BCUT2D eigenvalue weighted by molar-refractivity contribution is -0.143. The number of benzene rings is 1. The second kappa shape index (κ2) is 10.9. The highest BCUT2D eigenvalue weighted by molar-refractivity contribution is 7.89. The first kappa shape index (κ1) is 22.8. The number of furan rings is 1. The maximum absolute atomic E-state index is 12.8. The Balaban J connectivity index is 1.48. The third-order valence-electron chi connectivity index (χ3n) is 4.88. The van der Waals surface area contributed by atoms with E-state index in [0.29, 0.717) is 24.4 Å². The summed E-state index contributed by atoms with van der Waals surface area (Å²) in [5, 5.41) is 2.57. The first-order valence-corrected chi connectivity index (χ1v) is 11.6. The Labute approximate surface area is 181 Å². The summed E-state index contributed by atoms with van der Waals surface area (Å²) in [4.78, 5) is 23.7. The molecule has 0 spiro atoms. The van der Waals surface area contributed by atoms with Crippen molar-refractivity contribution >= 4 is 28.0 Å². The van der Waals surface area contributed by atoms with Gasteiger partial charge in [-0.1, -0.05) is 25.0 Å². The summed E-state index contributed by atoms with van der Waals surface area (Å²) in [5.41, 5.74) is 0.647. The molecule has 1 aliphatic rings. The number of nitrogens with zero attached hydrogens (tertiary/aromatic N) is 1. The van der Waals surface area contributed by atoms with E-state index in [9.17, 15) is 18.0 Å². The van der Waals surface area contributed by atoms with Crippen LogP contribution in [0.15, 0.2) is 58.1 Å². The molecular weight excluding hydrogens is 420 g/mol. The van der Waals surface area contributed by atoms with Crippen molar-refractivity contribution in [3.8, 4) is 0 Å². The summed E-state index contributed by atoms with van der Waals surface area (Å²) in [7, 11) is -3.51. The zero-order chi connectivity index (χ0) is 22.1. The zero-order valence-electron chi connectivity index (χ0n) is 17.2. The van der Waals surface area contributed by atoms with Gasteiger partial charge in [-0.25, -0.2) is 13.2 Å². The number of ether oxygens (including phenoxy) is 1. The molecule has 0 radical (unpaired) electrons. The molecule has 1 aromatic heterocycles. The van der Waals surface area contributed by atoms with Crippen LogP contribution in [0, 0.1) is 0 Å². The van der Waals surface area contributed by atoms with Crippen molar-refractivity contribution in [3.63, 3.8) is 0 Å². The van der Waals surface area contributed by atoms with Gasteiger partial charge in [-0.3, -0.25) is 4.79 Å². The molecule has 166 valence electrons. The Morgan fingerprint density at radius 3 is 2.42 bits per heavy atom. The molecule has 2 aromatic rings. The van der Waals surface area contributed by atoms with Crippen molar-refractivity contribution in [1.29, 1.82) is 0 Å². The molecular formula is C22H26N2O6S. The van der Waals surface area contributed by atoms with Gasteiger partial charge >= 0.3 is 5.97 Å². The van der Waals surface area contributed by atoms with Crippen LogP contribution in [-0.2, 0) is 30.9 Å². The standard InChI is InChI=1S/C22H26N2O6S/c25-21(23-16-19-6-5-15-29-19)17-30-22(26)12-9-18-7-10-20(11-8-18)31(27,28)24-13-3-1-2-4-14-24/h5-12,15H,1-4,13-14,16-17H2,(H,23,25)/b12-9+. The summed E-state index contributed by atoms with van der Waals surface area (Å²) >= 11 is 0. The average molecular weight is 447 g/mol. The van der Waals surface area contributed by atoms with Crippen LogP contribution >= 0.6 is 0 Å². The van der Waals surface area contributed by atoms with Gasteiger partial charge in [0.2, 0.25) is 10.0 Å². The predicted molar refractivity (Wildman–Crippen MR) is 114 cm³/mol. The maximum atomic E-state index is 12.8. The Kier molecular flexibility index (Phi) is 8.02. The van der Waals surface area contributed by atoms with Crippen LogP contribution in [0.1, 0.15) is 37.0 Å². The van der Waals surface area contributed by atoms with Crippen LogP contribution < -0.4 is 5.32 Å². The number of nitrogens with one attached hydrogen (secondary N) is 1. The van der Waals surface area contributed by atoms with Crippen LogP contribution in [-0.4, -0.2) is 44.3 Å². The predicted octanol–water partition coefficient (Wildman–Crippen LogP) is 2.72. The molecule has 0 atom stereocenters. The minimum atomic E-state index is -3.51. The molecule has 0 aliphatic carbocycles. The molecule has 0 saturated carbocycles.